The van der Waals surface area contributed by atoms with Crippen molar-refractivity contribution in [2.75, 3.05) is 42.3 Å². The van der Waals surface area contributed by atoms with Crippen LogP contribution in [0, 0.1) is 12.0 Å². The van der Waals surface area contributed by atoms with Crippen LogP contribution < -0.4 is 14.2 Å². The molecule has 0 saturated carbocycles. The SMILES string of the molecule is C[N+]#CC1CCc2c(cc(OC)c(OC)c2OC)C(OCOC)C1. The average Bonchev–Trinajstić information content (AvgIpc) is 2.77. The minimum absolute atomic E-state index is 0.143. The maximum Gasteiger partial charge on any atom is 0.276 e. The van der Waals surface area contributed by atoms with Crippen LogP contribution in [0.5, 0.6) is 17.2 Å². The second-order valence-electron chi connectivity index (χ2n) is 5.60. The zero-order chi connectivity index (χ0) is 17.5. The van der Waals surface area contributed by atoms with E-state index in [4.69, 9.17) is 23.7 Å². The molecule has 2 unspecified atom stereocenters. The first-order valence-electron chi connectivity index (χ1n) is 7.96. The van der Waals surface area contributed by atoms with Gasteiger partial charge >= 0.3 is 0 Å². The molecular formula is C18H26NO5+. The molecule has 0 fully saturated rings. The van der Waals surface area contributed by atoms with Crippen molar-refractivity contribution in [1.29, 1.82) is 0 Å². The highest BCUT2D eigenvalue weighted by atomic mass is 16.7. The van der Waals surface area contributed by atoms with E-state index in [2.05, 4.69) is 10.9 Å². The predicted molar refractivity (Wildman–Crippen MR) is 91.4 cm³/mol. The minimum Gasteiger partial charge on any atom is -0.493 e. The normalized spacial score (nSPS) is 19.5. The summed E-state index contributed by atoms with van der Waals surface area (Å²) >= 11 is 0. The van der Waals surface area contributed by atoms with E-state index < -0.39 is 0 Å². The van der Waals surface area contributed by atoms with Crippen molar-refractivity contribution in [3.63, 3.8) is 0 Å². The first-order chi connectivity index (χ1) is 11.7. The Labute approximate surface area is 143 Å². The van der Waals surface area contributed by atoms with Crippen LogP contribution in [0.25, 0.3) is 4.85 Å². The van der Waals surface area contributed by atoms with E-state index in [1.54, 1.807) is 35.5 Å². The largest absolute Gasteiger partial charge is 0.493 e. The third kappa shape index (κ3) is 3.74. The van der Waals surface area contributed by atoms with Crippen LogP contribution in [0.15, 0.2) is 6.07 Å². The summed E-state index contributed by atoms with van der Waals surface area (Å²) in [4.78, 5) is 4.07. The van der Waals surface area contributed by atoms with E-state index in [9.17, 15) is 0 Å². The molecule has 6 nitrogen and oxygen atoms in total. The molecule has 0 aromatic heterocycles. The van der Waals surface area contributed by atoms with Crippen LogP contribution in [0.2, 0.25) is 0 Å². The molecule has 0 radical (unpaired) electrons. The summed E-state index contributed by atoms with van der Waals surface area (Å²) < 4.78 is 27.7. The minimum atomic E-state index is -0.143. The van der Waals surface area contributed by atoms with Gasteiger partial charge in [-0.3, -0.25) is 0 Å². The molecule has 1 aliphatic rings. The van der Waals surface area contributed by atoms with Gasteiger partial charge in [-0.15, -0.1) is 0 Å². The summed E-state index contributed by atoms with van der Waals surface area (Å²) in [5, 5.41) is 0. The Morgan fingerprint density at radius 3 is 2.46 bits per heavy atom. The monoisotopic (exact) mass is 336 g/mol. The number of ether oxygens (including phenoxy) is 5. The number of hydrogen-bond acceptors (Lipinski definition) is 5. The Morgan fingerprint density at radius 2 is 1.88 bits per heavy atom. The molecule has 0 spiro atoms. The molecule has 24 heavy (non-hydrogen) atoms. The van der Waals surface area contributed by atoms with Crippen LogP contribution in [-0.4, -0.2) is 42.3 Å². The zero-order valence-electron chi connectivity index (χ0n) is 15.0. The summed E-state index contributed by atoms with van der Waals surface area (Å²) in [7, 11) is 8.23. The number of nitrogens with zero attached hydrogens (tertiary/aromatic N) is 1. The molecule has 0 N–H and O–H groups in total. The van der Waals surface area contributed by atoms with Gasteiger partial charge in [0.1, 0.15) is 6.79 Å². The fourth-order valence-corrected chi connectivity index (χ4v) is 3.21. The summed E-state index contributed by atoms with van der Waals surface area (Å²) in [5.74, 6) is 2.15. The Bertz CT molecular complexity index is 620. The van der Waals surface area contributed by atoms with Crippen LogP contribution in [0.4, 0.5) is 0 Å². The van der Waals surface area contributed by atoms with Crippen molar-refractivity contribution in [3.05, 3.63) is 22.0 Å². The molecule has 0 heterocycles. The average molecular weight is 336 g/mol. The van der Waals surface area contributed by atoms with Gasteiger partial charge in [0.2, 0.25) is 5.75 Å². The first kappa shape index (κ1) is 18.4. The standard InChI is InChI=1S/C18H26NO5/c1-19-10-12-6-7-13-14(15(8-12)24-11-20-2)9-16(21-3)18(23-5)17(13)22-4/h9,12,15H,6-8,11H2,1-5H3/q+1. The summed E-state index contributed by atoms with van der Waals surface area (Å²) in [5.41, 5.74) is 2.12. The number of hydrogen-bond donors (Lipinski definition) is 0. The molecule has 1 aromatic carbocycles. The van der Waals surface area contributed by atoms with Crippen molar-refractivity contribution in [1.82, 2.24) is 0 Å². The van der Waals surface area contributed by atoms with E-state index in [1.165, 1.54) is 0 Å². The summed E-state index contributed by atoms with van der Waals surface area (Å²) in [6, 6.07) is 5.14. The molecule has 1 aliphatic carbocycles. The quantitative estimate of drug-likeness (QED) is 0.589. The molecule has 1 aromatic rings. The molecule has 0 bridgehead atoms. The molecule has 132 valence electrons. The lowest BCUT2D eigenvalue weighted by atomic mass is 9.98. The maximum absolute atomic E-state index is 5.93. The highest BCUT2D eigenvalue weighted by Gasteiger charge is 2.32. The van der Waals surface area contributed by atoms with Crippen LogP contribution in [0.3, 0.4) is 0 Å². The third-order valence-corrected chi connectivity index (χ3v) is 4.25. The fraction of sp³-hybridized carbons (Fsp3) is 0.611. The van der Waals surface area contributed by atoms with Gasteiger partial charge in [-0.2, -0.15) is 0 Å². The lowest BCUT2D eigenvalue weighted by molar-refractivity contribution is -0.0781. The highest BCUT2D eigenvalue weighted by molar-refractivity contribution is 5.60. The first-order valence-corrected chi connectivity index (χ1v) is 7.96. The number of rotatable bonds is 6. The predicted octanol–water partition coefficient (Wildman–Crippen LogP) is 3.29. The molecule has 2 atom stereocenters. The van der Waals surface area contributed by atoms with Gasteiger partial charge in [0.15, 0.2) is 11.5 Å². The van der Waals surface area contributed by atoms with Crippen LogP contribution >= 0.6 is 0 Å². The second kappa shape index (κ2) is 8.76. The topological polar surface area (TPSA) is 50.5 Å². The Morgan fingerprint density at radius 1 is 1.12 bits per heavy atom. The fourth-order valence-electron chi connectivity index (χ4n) is 3.21. The Hall–Kier alpha value is -1.97. The highest BCUT2D eigenvalue weighted by Crippen LogP contribution is 2.47. The van der Waals surface area contributed by atoms with Crippen molar-refractivity contribution < 1.29 is 23.7 Å². The van der Waals surface area contributed by atoms with Crippen molar-refractivity contribution >= 4 is 0 Å². The van der Waals surface area contributed by atoms with Gasteiger partial charge in [0.25, 0.3) is 13.1 Å². The number of methoxy groups -OCH3 is 4. The molecule has 6 heteroatoms. The molecular weight excluding hydrogens is 310 g/mol. The van der Waals surface area contributed by atoms with E-state index in [1.807, 2.05) is 6.07 Å². The molecule has 0 aliphatic heterocycles. The lowest BCUT2D eigenvalue weighted by Crippen LogP contribution is -2.11. The van der Waals surface area contributed by atoms with Crippen LogP contribution in [-0.2, 0) is 15.9 Å². The Balaban J connectivity index is 2.55. The summed E-state index contributed by atoms with van der Waals surface area (Å²) in [6.07, 6.45) is 2.39. The van der Waals surface area contributed by atoms with Crippen molar-refractivity contribution in [2.24, 2.45) is 5.92 Å². The maximum atomic E-state index is 5.93. The molecule has 0 saturated heterocycles. The summed E-state index contributed by atoms with van der Waals surface area (Å²) in [6.45, 7) is 0.219. The van der Waals surface area contributed by atoms with Gasteiger partial charge in [-0.25, -0.2) is 0 Å². The number of fused-ring (bicyclic) bond motifs is 1. The lowest BCUT2D eigenvalue weighted by Gasteiger charge is -2.22. The van der Waals surface area contributed by atoms with Gasteiger partial charge < -0.3 is 23.7 Å². The van der Waals surface area contributed by atoms with E-state index in [0.717, 1.165) is 30.4 Å². The van der Waals surface area contributed by atoms with E-state index >= 15 is 0 Å². The van der Waals surface area contributed by atoms with Gasteiger partial charge in [-0.05, 0) is 30.9 Å². The van der Waals surface area contributed by atoms with Crippen LogP contribution in [0.1, 0.15) is 30.1 Å². The van der Waals surface area contributed by atoms with E-state index in [-0.39, 0.29) is 18.8 Å². The Kier molecular flexibility index (Phi) is 6.71. The number of benzene rings is 1. The second-order valence-corrected chi connectivity index (χ2v) is 5.60. The van der Waals surface area contributed by atoms with E-state index in [0.29, 0.717) is 17.2 Å². The van der Waals surface area contributed by atoms with Crippen molar-refractivity contribution in [2.45, 2.75) is 25.4 Å². The third-order valence-electron chi connectivity index (χ3n) is 4.25. The molecule has 2 rings (SSSR count). The molecule has 0 amide bonds. The smallest absolute Gasteiger partial charge is 0.276 e. The zero-order valence-corrected chi connectivity index (χ0v) is 15.0. The van der Waals surface area contributed by atoms with Crippen molar-refractivity contribution in [3.8, 4) is 23.3 Å². The van der Waals surface area contributed by atoms with Gasteiger partial charge in [0, 0.05) is 12.7 Å². The van der Waals surface area contributed by atoms with Gasteiger partial charge in [0.05, 0.1) is 33.4 Å². The van der Waals surface area contributed by atoms with Gasteiger partial charge in [-0.1, -0.05) is 4.85 Å².